The van der Waals surface area contributed by atoms with E-state index in [1.165, 1.54) is 6.07 Å². The minimum absolute atomic E-state index is 0. The predicted molar refractivity (Wildman–Crippen MR) is 123 cm³/mol. The van der Waals surface area contributed by atoms with Crippen LogP contribution in [0.1, 0.15) is 38.3 Å². The molecule has 1 fully saturated rings. The highest BCUT2D eigenvalue weighted by Gasteiger charge is 2.26. The van der Waals surface area contributed by atoms with Crippen LogP contribution in [0.2, 0.25) is 0 Å². The van der Waals surface area contributed by atoms with Gasteiger partial charge in [-0.3, -0.25) is 9.79 Å². The van der Waals surface area contributed by atoms with E-state index in [1.54, 1.807) is 12.1 Å². The molecule has 1 aliphatic rings. The average molecular weight is 505 g/mol. The lowest BCUT2D eigenvalue weighted by Crippen LogP contribution is -2.45. The number of hydrogen-bond acceptors (Lipinski definition) is 3. The van der Waals surface area contributed by atoms with E-state index in [0.717, 1.165) is 31.0 Å². The number of halogens is 2. The Hall–Kier alpha value is -1.42. The Morgan fingerprint density at radius 2 is 2.14 bits per heavy atom. The fraction of sp³-hybridized carbons (Fsp3) is 0.600. The molecule has 0 aromatic heterocycles. The van der Waals surface area contributed by atoms with E-state index in [0.29, 0.717) is 19.5 Å². The predicted octanol–water partition coefficient (Wildman–Crippen LogP) is 2.61. The normalized spacial score (nSPS) is 18.0. The largest absolute Gasteiger partial charge is 0.357 e. The molecule has 0 bridgehead atoms. The van der Waals surface area contributed by atoms with Crippen LogP contribution in [0.15, 0.2) is 29.3 Å². The molecular formula is C20H33FIN5O. The number of benzene rings is 1. The van der Waals surface area contributed by atoms with E-state index < -0.39 is 0 Å². The molecule has 2 atom stereocenters. The fourth-order valence-electron chi connectivity index (χ4n) is 3.30. The van der Waals surface area contributed by atoms with Crippen LogP contribution in [-0.2, 0) is 4.79 Å². The molecule has 1 aliphatic heterocycles. The van der Waals surface area contributed by atoms with Crippen molar-refractivity contribution in [3.8, 4) is 0 Å². The molecule has 0 radical (unpaired) electrons. The highest BCUT2D eigenvalue weighted by molar-refractivity contribution is 14.0. The van der Waals surface area contributed by atoms with Crippen LogP contribution in [0.3, 0.4) is 0 Å². The van der Waals surface area contributed by atoms with Gasteiger partial charge in [0.25, 0.3) is 0 Å². The lowest BCUT2D eigenvalue weighted by Gasteiger charge is -2.24. The molecule has 1 heterocycles. The van der Waals surface area contributed by atoms with Crippen LogP contribution < -0.4 is 10.6 Å². The van der Waals surface area contributed by atoms with Gasteiger partial charge in [0.15, 0.2) is 5.96 Å². The highest BCUT2D eigenvalue weighted by Crippen LogP contribution is 2.19. The molecule has 0 spiro atoms. The SMILES string of the molecule is CCNC(=NCC(c1cccc(F)c1)N(C)C)NC1CCN(C(=O)CC)C1.I. The summed E-state index contributed by atoms with van der Waals surface area (Å²) < 4.78 is 13.6. The van der Waals surface area contributed by atoms with Crippen LogP contribution in [0.5, 0.6) is 0 Å². The summed E-state index contributed by atoms with van der Waals surface area (Å²) in [6.07, 6.45) is 1.45. The Morgan fingerprint density at radius 1 is 1.39 bits per heavy atom. The van der Waals surface area contributed by atoms with Crippen molar-refractivity contribution >= 4 is 35.8 Å². The molecule has 0 aliphatic carbocycles. The summed E-state index contributed by atoms with van der Waals surface area (Å²) in [6.45, 7) is 6.67. The van der Waals surface area contributed by atoms with Crippen molar-refractivity contribution in [3.05, 3.63) is 35.6 Å². The summed E-state index contributed by atoms with van der Waals surface area (Å²) >= 11 is 0. The first kappa shape index (κ1) is 24.6. The van der Waals surface area contributed by atoms with Crippen molar-refractivity contribution in [3.63, 3.8) is 0 Å². The quantitative estimate of drug-likeness (QED) is 0.340. The summed E-state index contributed by atoms with van der Waals surface area (Å²) in [6, 6.07) is 6.85. The number of carbonyl (C=O) groups is 1. The fourth-order valence-corrected chi connectivity index (χ4v) is 3.30. The van der Waals surface area contributed by atoms with Crippen LogP contribution in [0, 0.1) is 5.82 Å². The van der Waals surface area contributed by atoms with Crippen molar-refractivity contribution in [1.29, 1.82) is 0 Å². The lowest BCUT2D eigenvalue weighted by atomic mass is 10.1. The average Bonchev–Trinajstić information content (AvgIpc) is 3.09. The Labute approximate surface area is 185 Å². The number of nitrogens with zero attached hydrogens (tertiary/aromatic N) is 3. The second kappa shape index (κ2) is 12.2. The minimum atomic E-state index is -0.236. The molecule has 28 heavy (non-hydrogen) atoms. The molecule has 1 amide bonds. The Kier molecular flexibility index (Phi) is 10.7. The summed E-state index contributed by atoms with van der Waals surface area (Å²) in [4.78, 5) is 20.5. The van der Waals surface area contributed by atoms with Crippen molar-refractivity contribution in [1.82, 2.24) is 20.4 Å². The highest BCUT2D eigenvalue weighted by atomic mass is 127. The third-order valence-electron chi connectivity index (χ3n) is 4.81. The zero-order valence-corrected chi connectivity index (χ0v) is 19.6. The minimum Gasteiger partial charge on any atom is -0.357 e. The number of guanidine groups is 1. The summed E-state index contributed by atoms with van der Waals surface area (Å²) in [5, 5.41) is 6.70. The molecule has 2 rings (SSSR count). The van der Waals surface area contributed by atoms with E-state index in [9.17, 15) is 9.18 Å². The number of likely N-dealkylation sites (N-methyl/N-ethyl adjacent to an activating group) is 1. The van der Waals surface area contributed by atoms with Gasteiger partial charge in [-0.2, -0.15) is 0 Å². The Balaban J connectivity index is 0.00000392. The van der Waals surface area contributed by atoms with Gasteiger partial charge in [0.05, 0.1) is 12.6 Å². The number of carbonyl (C=O) groups excluding carboxylic acids is 1. The molecule has 6 nitrogen and oxygen atoms in total. The van der Waals surface area contributed by atoms with Gasteiger partial charge in [-0.05, 0) is 45.1 Å². The third kappa shape index (κ3) is 7.20. The molecular weight excluding hydrogens is 472 g/mol. The van der Waals surface area contributed by atoms with E-state index in [2.05, 4.69) is 10.6 Å². The van der Waals surface area contributed by atoms with Gasteiger partial charge in [0, 0.05) is 32.1 Å². The molecule has 1 aromatic carbocycles. The van der Waals surface area contributed by atoms with Gasteiger partial charge < -0.3 is 20.4 Å². The second-order valence-electron chi connectivity index (χ2n) is 7.08. The maximum Gasteiger partial charge on any atom is 0.222 e. The van der Waals surface area contributed by atoms with Crippen LogP contribution in [0.4, 0.5) is 4.39 Å². The number of amides is 1. The zero-order chi connectivity index (χ0) is 19.8. The van der Waals surface area contributed by atoms with Gasteiger partial charge in [-0.1, -0.05) is 19.1 Å². The molecule has 158 valence electrons. The Morgan fingerprint density at radius 3 is 2.75 bits per heavy atom. The topological polar surface area (TPSA) is 60.0 Å². The Bertz CT molecular complexity index is 655. The van der Waals surface area contributed by atoms with E-state index in [4.69, 9.17) is 4.99 Å². The van der Waals surface area contributed by atoms with Gasteiger partial charge in [0.1, 0.15) is 5.82 Å². The van der Waals surface area contributed by atoms with Crippen molar-refractivity contribution < 1.29 is 9.18 Å². The first-order valence-corrected chi connectivity index (χ1v) is 9.69. The monoisotopic (exact) mass is 505 g/mol. The van der Waals surface area contributed by atoms with Crippen molar-refractivity contribution in [2.75, 3.05) is 40.3 Å². The zero-order valence-electron chi connectivity index (χ0n) is 17.2. The molecule has 0 saturated carbocycles. The second-order valence-corrected chi connectivity index (χ2v) is 7.08. The lowest BCUT2D eigenvalue weighted by molar-refractivity contribution is -0.129. The summed E-state index contributed by atoms with van der Waals surface area (Å²) in [7, 11) is 3.94. The summed E-state index contributed by atoms with van der Waals surface area (Å²) in [5.41, 5.74) is 0.903. The third-order valence-corrected chi connectivity index (χ3v) is 4.81. The van der Waals surface area contributed by atoms with Crippen LogP contribution >= 0.6 is 24.0 Å². The maximum absolute atomic E-state index is 13.6. The van der Waals surface area contributed by atoms with Crippen molar-refractivity contribution in [2.45, 2.75) is 38.8 Å². The van der Waals surface area contributed by atoms with E-state index in [1.807, 2.05) is 43.8 Å². The number of rotatable bonds is 7. The first-order chi connectivity index (χ1) is 12.9. The number of hydrogen-bond donors (Lipinski definition) is 2. The number of aliphatic imine (C=N–C) groups is 1. The van der Waals surface area contributed by atoms with E-state index in [-0.39, 0.29) is 47.8 Å². The molecule has 1 aromatic rings. The van der Waals surface area contributed by atoms with Crippen LogP contribution in [-0.4, -0.2) is 68.0 Å². The number of nitrogens with one attached hydrogen (secondary N) is 2. The van der Waals surface area contributed by atoms with E-state index >= 15 is 0 Å². The van der Waals surface area contributed by atoms with Gasteiger partial charge in [-0.15, -0.1) is 24.0 Å². The van der Waals surface area contributed by atoms with Crippen molar-refractivity contribution in [2.24, 2.45) is 4.99 Å². The molecule has 2 unspecified atom stereocenters. The molecule has 1 saturated heterocycles. The molecule has 2 N–H and O–H groups in total. The van der Waals surface area contributed by atoms with Crippen LogP contribution in [0.25, 0.3) is 0 Å². The van der Waals surface area contributed by atoms with Gasteiger partial charge in [-0.25, -0.2) is 4.39 Å². The van der Waals surface area contributed by atoms with Gasteiger partial charge >= 0.3 is 0 Å². The molecule has 8 heteroatoms. The van der Waals surface area contributed by atoms with Gasteiger partial charge in [0.2, 0.25) is 5.91 Å². The first-order valence-electron chi connectivity index (χ1n) is 9.69. The standard InChI is InChI=1S/C20H32FN5O.HI/c1-5-19(27)26-11-10-17(14-26)24-20(22-6-2)23-13-18(25(3)4)15-8-7-9-16(21)12-15;/h7-9,12,17-18H,5-6,10-11,13-14H2,1-4H3,(H2,22,23,24);1H. The summed E-state index contributed by atoms with van der Waals surface area (Å²) in [5.74, 6) is 0.691. The number of likely N-dealkylation sites (tertiary alicyclic amines) is 1. The maximum atomic E-state index is 13.6. The smallest absolute Gasteiger partial charge is 0.222 e.